The molecule has 0 saturated carbocycles. The summed E-state index contributed by atoms with van der Waals surface area (Å²) in [5, 5.41) is 3.87. The number of nitrogens with zero attached hydrogens (tertiary/aromatic N) is 4. The van der Waals surface area contributed by atoms with Crippen molar-refractivity contribution in [3.63, 3.8) is 0 Å². The van der Waals surface area contributed by atoms with E-state index < -0.39 is 6.04 Å². The number of carbonyl (C=O) groups is 1. The Morgan fingerprint density at radius 2 is 2.00 bits per heavy atom. The van der Waals surface area contributed by atoms with Gasteiger partial charge in [0.1, 0.15) is 6.04 Å². The van der Waals surface area contributed by atoms with Gasteiger partial charge in [-0.2, -0.15) is 4.98 Å². The second-order valence-corrected chi connectivity index (χ2v) is 4.89. The van der Waals surface area contributed by atoms with E-state index in [-0.39, 0.29) is 37.3 Å². The lowest BCUT2D eigenvalue weighted by Gasteiger charge is -2.35. The molecule has 0 aliphatic carbocycles. The van der Waals surface area contributed by atoms with E-state index >= 15 is 0 Å². The maximum Gasteiger partial charge on any atom is 0.241 e. The maximum absolute atomic E-state index is 12.0. The van der Waals surface area contributed by atoms with Gasteiger partial charge in [0, 0.05) is 40.2 Å². The van der Waals surface area contributed by atoms with Crippen molar-refractivity contribution in [3.8, 4) is 0 Å². The SMILES string of the molecule is COCC(N)C(=O)N1CCN(Cc2noc(C)n2)CC1.Cl.Cl. The molecule has 1 saturated heterocycles. The molecule has 1 fully saturated rings. The van der Waals surface area contributed by atoms with Gasteiger partial charge in [0.2, 0.25) is 11.8 Å². The highest BCUT2D eigenvalue weighted by Gasteiger charge is 2.25. The standard InChI is InChI=1S/C12H21N5O3.2ClH/c1-9-14-11(15-20-9)7-16-3-5-17(6-4-16)12(18)10(13)8-19-2;;/h10H,3-8,13H2,1-2H3;2*1H. The molecule has 0 spiro atoms. The van der Waals surface area contributed by atoms with E-state index in [4.69, 9.17) is 15.0 Å². The second-order valence-electron chi connectivity index (χ2n) is 4.89. The third kappa shape index (κ3) is 5.69. The molecule has 1 aromatic rings. The van der Waals surface area contributed by atoms with Gasteiger partial charge in [0.25, 0.3) is 0 Å². The fourth-order valence-corrected chi connectivity index (χ4v) is 2.22. The van der Waals surface area contributed by atoms with Crippen molar-refractivity contribution in [3.05, 3.63) is 11.7 Å². The summed E-state index contributed by atoms with van der Waals surface area (Å²) >= 11 is 0. The third-order valence-electron chi connectivity index (χ3n) is 3.28. The van der Waals surface area contributed by atoms with Gasteiger partial charge >= 0.3 is 0 Å². The van der Waals surface area contributed by atoms with E-state index in [1.165, 1.54) is 7.11 Å². The number of aryl methyl sites for hydroxylation is 1. The number of ether oxygens (including phenoxy) is 1. The fraction of sp³-hybridized carbons (Fsp3) is 0.750. The van der Waals surface area contributed by atoms with Crippen molar-refractivity contribution in [1.82, 2.24) is 19.9 Å². The van der Waals surface area contributed by atoms with Crippen LogP contribution in [0.3, 0.4) is 0 Å². The number of carbonyl (C=O) groups excluding carboxylic acids is 1. The average molecular weight is 356 g/mol. The molecule has 1 amide bonds. The maximum atomic E-state index is 12.0. The monoisotopic (exact) mass is 355 g/mol. The minimum Gasteiger partial charge on any atom is -0.383 e. The molecule has 0 bridgehead atoms. The Kier molecular flexibility index (Phi) is 9.54. The van der Waals surface area contributed by atoms with E-state index in [1.807, 2.05) is 0 Å². The van der Waals surface area contributed by atoms with Gasteiger partial charge in [-0.05, 0) is 0 Å². The Balaban J connectivity index is 0.00000220. The highest BCUT2D eigenvalue weighted by molar-refractivity contribution is 5.85. The van der Waals surface area contributed by atoms with Crippen LogP contribution in [0.1, 0.15) is 11.7 Å². The van der Waals surface area contributed by atoms with Crippen LogP contribution in [0, 0.1) is 6.92 Å². The van der Waals surface area contributed by atoms with Crippen LogP contribution in [0.4, 0.5) is 0 Å². The molecular weight excluding hydrogens is 333 g/mol. The van der Waals surface area contributed by atoms with E-state index in [2.05, 4.69) is 15.0 Å². The summed E-state index contributed by atoms with van der Waals surface area (Å²) < 4.78 is 9.85. The molecule has 0 aromatic carbocycles. The Bertz CT molecular complexity index is 452. The highest BCUT2D eigenvalue weighted by atomic mass is 35.5. The van der Waals surface area contributed by atoms with Crippen LogP contribution >= 0.6 is 24.8 Å². The third-order valence-corrected chi connectivity index (χ3v) is 3.28. The Morgan fingerprint density at radius 1 is 1.36 bits per heavy atom. The van der Waals surface area contributed by atoms with Gasteiger partial charge < -0.3 is 19.9 Å². The quantitative estimate of drug-likeness (QED) is 0.783. The van der Waals surface area contributed by atoms with E-state index in [9.17, 15) is 4.79 Å². The van der Waals surface area contributed by atoms with Gasteiger partial charge in [-0.1, -0.05) is 5.16 Å². The molecule has 128 valence electrons. The number of nitrogens with two attached hydrogens (primary N) is 1. The number of halogens is 2. The number of rotatable bonds is 5. The number of hydrogen-bond acceptors (Lipinski definition) is 7. The molecule has 0 radical (unpaired) electrons. The lowest BCUT2D eigenvalue weighted by Crippen LogP contribution is -2.53. The smallest absolute Gasteiger partial charge is 0.241 e. The predicted octanol–water partition coefficient (Wildman–Crippen LogP) is -0.160. The summed E-state index contributed by atoms with van der Waals surface area (Å²) in [6.07, 6.45) is 0. The van der Waals surface area contributed by atoms with E-state index in [1.54, 1.807) is 11.8 Å². The summed E-state index contributed by atoms with van der Waals surface area (Å²) in [7, 11) is 1.54. The first-order valence-corrected chi connectivity index (χ1v) is 6.65. The molecule has 1 atom stereocenters. The van der Waals surface area contributed by atoms with Crippen LogP contribution in [0.25, 0.3) is 0 Å². The largest absolute Gasteiger partial charge is 0.383 e. The van der Waals surface area contributed by atoms with Crippen molar-refractivity contribution in [2.24, 2.45) is 5.73 Å². The molecule has 8 nitrogen and oxygen atoms in total. The van der Waals surface area contributed by atoms with Crippen molar-refractivity contribution in [1.29, 1.82) is 0 Å². The van der Waals surface area contributed by atoms with Crippen LogP contribution in [0.5, 0.6) is 0 Å². The van der Waals surface area contributed by atoms with Crippen molar-refractivity contribution < 1.29 is 14.1 Å². The normalized spacial score (nSPS) is 16.6. The van der Waals surface area contributed by atoms with Gasteiger partial charge in [0.15, 0.2) is 5.82 Å². The first-order valence-electron chi connectivity index (χ1n) is 6.65. The van der Waals surface area contributed by atoms with Gasteiger partial charge in [-0.3, -0.25) is 9.69 Å². The number of hydrogen-bond donors (Lipinski definition) is 1. The lowest BCUT2D eigenvalue weighted by molar-refractivity contribution is -0.135. The fourth-order valence-electron chi connectivity index (χ4n) is 2.22. The van der Waals surface area contributed by atoms with Crippen molar-refractivity contribution in [2.75, 3.05) is 39.9 Å². The first kappa shape index (κ1) is 21.1. The molecule has 10 heteroatoms. The molecule has 1 aromatic heterocycles. The molecule has 2 heterocycles. The number of piperazine rings is 1. The van der Waals surface area contributed by atoms with Gasteiger partial charge in [-0.25, -0.2) is 0 Å². The van der Waals surface area contributed by atoms with Crippen LogP contribution in [0.2, 0.25) is 0 Å². The van der Waals surface area contributed by atoms with Gasteiger partial charge in [0.05, 0.1) is 13.2 Å². The van der Waals surface area contributed by atoms with Crippen LogP contribution in [-0.4, -0.2) is 71.8 Å². The molecule has 1 unspecified atom stereocenters. The van der Waals surface area contributed by atoms with E-state index in [0.29, 0.717) is 31.3 Å². The number of aromatic nitrogens is 2. The van der Waals surface area contributed by atoms with Crippen molar-refractivity contribution in [2.45, 2.75) is 19.5 Å². The zero-order chi connectivity index (χ0) is 14.5. The van der Waals surface area contributed by atoms with Crippen LogP contribution in [-0.2, 0) is 16.1 Å². The summed E-state index contributed by atoms with van der Waals surface area (Å²) in [5.41, 5.74) is 5.76. The topological polar surface area (TPSA) is 97.7 Å². The zero-order valence-corrected chi connectivity index (χ0v) is 14.4. The molecule has 1 aliphatic heterocycles. The van der Waals surface area contributed by atoms with Crippen LogP contribution in [0.15, 0.2) is 4.52 Å². The van der Waals surface area contributed by atoms with Crippen molar-refractivity contribution >= 4 is 30.7 Å². The molecular formula is C12H23Cl2N5O3. The van der Waals surface area contributed by atoms with Crippen LogP contribution < -0.4 is 5.73 Å². The van der Waals surface area contributed by atoms with E-state index in [0.717, 1.165) is 13.1 Å². The lowest BCUT2D eigenvalue weighted by atomic mass is 10.2. The first-order chi connectivity index (χ1) is 9.60. The summed E-state index contributed by atoms with van der Waals surface area (Å²) in [4.78, 5) is 20.2. The Labute approximate surface area is 142 Å². The summed E-state index contributed by atoms with van der Waals surface area (Å²) in [6.45, 7) is 5.53. The highest BCUT2D eigenvalue weighted by Crippen LogP contribution is 2.07. The Hall–Kier alpha value is -0.930. The molecule has 2 rings (SSSR count). The average Bonchev–Trinajstić information content (AvgIpc) is 2.84. The number of methoxy groups -OCH3 is 1. The predicted molar refractivity (Wildman–Crippen MR) is 85.2 cm³/mol. The Morgan fingerprint density at radius 3 is 2.50 bits per heavy atom. The summed E-state index contributed by atoms with van der Waals surface area (Å²) in [5.74, 6) is 1.19. The van der Waals surface area contributed by atoms with Gasteiger partial charge in [-0.15, -0.1) is 24.8 Å². The molecule has 2 N–H and O–H groups in total. The molecule has 22 heavy (non-hydrogen) atoms. The minimum atomic E-state index is -0.577. The zero-order valence-electron chi connectivity index (χ0n) is 12.7. The summed E-state index contributed by atoms with van der Waals surface area (Å²) in [6, 6.07) is -0.577. The minimum absolute atomic E-state index is 0. The number of amides is 1. The molecule has 1 aliphatic rings. The second kappa shape index (κ2) is 9.96.